The summed E-state index contributed by atoms with van der Waals surface area (Å²) in [5.74, 6) is 0.401. The number of rotatable bonds is 20. The van der Waals surface area contributed by atoms with Crippen LogP contribution in [0.15, 0.2) is 48.5 Å². The van der Waals surface area contributed by atoms with Crippen molar-refractivity contribution in [2.75, 3.05) is 26.4 Å². The van der Waals surface area contributed by atoms with E-state index >= 15 is 0 Å². The van der Waals surface area contributed by atoms with Crippen molar-refractivity contribution in [3.8, 4) is 0 Å². The second kappa shape index (κ2) is 38.9. The Balaban J connectivity index is -0.000000526. The lowest BCUT2D eigenvalue weighted by Crippen LogP contribution is -2.00. The number of unbranched alkanes of at least 4 members (excludes halogenated alkanes) is 2. The van der Waals surface area contributed by atoms with Gasteiger partial charge in [-0.1, -0.05) is 109 Å². The first-order valence-electron chi connectivity index (χ1n) is 17.3. The number of benzene rings is 2. The smallest absolute Gasteiger partial charge is 0.150 e. The highest BCUT2D eigenvalue weighted by Crippen LogP contribution is 2.08. The predicted molar refractivity (Wildman–Crippen MR) is 194 cm³/mol. The fraction of sp³-hybridized carbons (Fsp3) is 0.575. The van der Waals surface area contributed by atoms with Gasteiger partial charge >= 0.3 is 0 Å². The highest BCUT2D eigenvalue weighted by Gasteiger charge is 2.00. The van der Waals surface area contributed by atoms with Gasteiger partial charge in [0.05, 0.1) is 6.61 Å². The van der Waals surface area contributed by atoms with Gasteiger partial charge in [-0.15, -0.1) is 0 Å². The zero-order chi connectivity index (χ0) is 36.0. The summed E-state index contributed by atoms with van der Waals surface area (Å²) in [7, 11) is 0. The van der Waals surface area contributed by atoms with E-state index in [4.69, 9.17) is 9.47 Å². The third kappa shape index (κ3) is 37.0. The lowest BCUT2D eigenvalue weighted by molar-refractivity contribution is -0.112. The largest absolute Gasteiger partial charge is 0.381 e. The molecule has 2 aromatic carbocycles. The number of ether oxygens (including phenoxy) is 2. The summed E-state index contributed by atoms with van der Waals surface area (Å²) < 4.78 is 9.85. The standard InChI is InChI=1S/2C11H14O.2C6H12O2.C6H12O/c1-9-3-5-11(6-4-9)7-10(2)8-12;1-2-3-5-10-6-4-7-11(8-10)9-12;1-2-5-8-6-3-4-7;1-2-3-5-8-6-4-7;1-3-4-6(2)5-7/h3-6,8,10H,7H2,1-2H3;4,6-9H,2-3,5H2,1H3;2*4H,2-3,5-6H2,1H3;5-6H,3-4H2,1-2H3. The van der Waals surface area contributed by atoms with E-state index in [1.165, 1.54) is 29.5 Å². The van der Waals surface area contributed by atoms with Crippen LogP contribution in [-0.2, 0) is 41.5 Å². The van der Waals surface area contributed by atoms with Crippen molar-refractivity contribution in [2.45, 2.75) is 113 Å². The number of aryl methyl sites for hydroxylation is 2. The molecule has 47 heavy (non-hydrogen) atoms. The van der Waals surface area contributed by atoms with Crippen molar-refractivity contribution in [1.82, 2.24) is 0 Å². The molecule has 0 aliphatic rings. The van der Waals surface area contributed by atoms with Gasteiger partial charge in [0.25, 0.3) is 0 Å². The van der Waals surface area contributed by atoms with E-state index < -0.39 is 0 Å². The van der Waals surface area contributed by atoms with Crippen LogP contribution < -0.4 is 0 Å². The summed E-state index contributed by atoms with van der Waals surface area (Å²) in [6, 6.07) is 16.1. The minimum Gasteiger partial charge on any atom is -0.381 e. The van der Waals surface area contributed by atoms with Gasteiger partial charge in [0.2, 0.25) is 0 Å². The molecule has 2 rings (SSSR count). The van der Waals surface area contributed by atoms with Crippen LogP contribution in [0.25, 0.3) is 0 Å². The molecule has 7 heteroatoms. The van der Waals surface area contributed by atoms with Gasteiger partial charge in [-0.05, 0) is 62.6 Å². The number of aldehydes is 5. The molecule has 266 valence electrons. The normalized spacial score (nSPS) is 10.8. The first-order valence-corrected chi connectivity index (χ1v) is 17.3. The van der Waals surface area contributed by atoms with Crippen LogP contribution in [0.1, 0.15) is 120 Å². The Kier molecular flexibility index (Phi) is 39.8. The van der Waals surface area contributed by atoms with Crippen molar-refractivity contribution in [3.63, 3.8) is 0 Å². The van der Waals surface area contributed by atoms with E-state index in [2.05, 4.69) is 58.0 Å². The Hall–Kier alpha value is -3.29. The maximum atomic E-state index is 10.4. The molecule has 0 aromatic heterocycles. The van der Waals surface area contributed by atoms with E-state index in [9.17, 15) is 24.0 Å². The topological polar surface area (TPSA) is 104 Å². The molecule has 0 radical (unpaired) electrons. The van der Waals surface area contributed by atoms with E-state index in [-0.39, 0.29) is 18.4 Å². The van der Waals surface area contributed by atoms with Crippen LogP contribution in [0, 0.1) is 18.8 Å². The number of carbonyl (C=O) groups is 5. The Morgan fingerprint density at radius 2 is 1.32 bits per heavy atom. The predicted octanol–water partition coefficient (Wildman–Crippen LogP) is 8.84. The first kappa shape index (κ1) is 48.1. The highest BCUT2D eigenvalue weighted by molar-refractivity contribution is 5.74. The molecule has 0 aliphatic carbocycles. The summed E-state index contributed by atoms with van der Waals surface area (Å²) in [4.78, 5) is 50.0. The van der Waals surface area contributed by atoms with Crippen molar-refractivity contribution >= 4 is 31.4 Å². The average molecular weight is 657 g/mol. The molecule has 0 saturated heterocycles. The fourth-order valence-electron chi connectivity index (χ4n) is 3.63. The Bertz CT molecular complexity index is 972. The summed E-state index contributed by atoms with van der Waals surface area (Å²) in [5, 5.41) is 0. The lowest BCUT2D eigenvalue weighted by atomic mass is 10.0. The molecule has 7 nitrogen and oxygen atoms in total. The van der Waals surface area contributed by atoms with Gasteiger partial charge < -0.3 is 28.7 Å². The fourth-order valence-corrected chi connectivity index (χ4v) is 3.63. The van der Waals surface area contributed by atoms with Gasteiger partial charge in [-0.2, -0.15) is 0 Å². The average Bonchev–Trinajstić information content (AvgIpc) is 3.10. The molecule has 0 fully saturated rings. The van der Waals surface area contributed by atoms with Gasteiger partial charge in [-0.25, -0.2) is 0 Å². The summed E-state index contributed by atoms with van der Waals surface area (Å²) in [6.45, 7) is 16.6. The summed E-state index contributed by atoms with van der Waals surface area (Å²) >= 11 is 0. The molecule has 2 unspecified atom stereocenters. The highest BCUT2D eigenvalue weighted by atomic mass is 16.5. The third-order valence-corrected chi connectivity index (χ3v) is 6.35. The zero-order valence-corrected chi connectivity index (χ0v) is 30.4. The molecular formula is C40H64O7. The van der Waals surface area contributed by atoms with Gasteiger partial charge in [0.1, 0.15) is 38.0 Å². The van der Waals surface area contributed by atoms with Crippen molar-refractivity contribution < 1.29 is 33.4 Å². The maximum absolute atomic E-state index is 10.4. The molecular weight excluding hydrogens is 592 g/mol. The molecule has 2 atom stereocenters. The van der Waals surface area contributed by atoms with Crippen molar-refractivity contribution in [1.29, 1.82) is 0 Å². The van der Waals surface area contributed by atoms with E-state index in [0.29, 0.717) is 13.0 Å². The Labute approximate surface area is 286 Å². The van der Waals surface area contributed by atoms with Crippen LogP contribution in [0.5, 0.6) is 0 Å². The SMILES string of the molecule is CCCC(C)C=O.CCCCOCC=O.CCCCc1cccc(C=O)c1.CCCOCCC=O.Cc1ccc(CC(C)C=O)cc1. The van der Waals surface area contributed by atoms with E-state index in [1.54, 1.807) is 0 Å². The lowest BCUT2D eigenvalue weighted by Gasteiger charge is -2.03. The number of hydrogen-bond donors (Lipinski definition) is 0. The van der Waals surface area contributed by atoms with E-state index in [1.807, 2.05) is 39.0 Å². The third-order valence-electron chi connectivity index (χ3n) is 6.35. The molecule has 0 saturated carbocycles. The molecule has 0 aliphatic heterocycles. The monoisotopic (exact) mass is 656 g/mol. The summed E-state index contributed by atoms with van der Waals surface area (Å²) in [5.41, 5.74) is 4.54. The first-order chi connectivity index (χ1) is 22.7. The molecule has 0 amide bonds. The second-order valence-electron chi connectivity index (χ2n) is 11.3. The minimum absolute atomic E-state index is 0.132. The molecule has 0 spiro atoms. The number of hydrogen-bond acceptors (Lipinski definition) is 7. The van der Waals surface area contributed by atoms with Gasteiger partial charge in [0, 0.05) is 37.0 Å². The molecule has 0 N–H and O–H groups in total. The molecule has 0 bridgehead atoms. The summed E-state index contributed by atoms with van der Waals surface area (Å²) in [6.07, 6.45) is 14.7. The van der Waals surface area contributed by atoms with Gasteiger partial charge in [0.15, 0.2) is 0 Å². The Morgan fingerprint density at radius 1 is 0.660 bits per heavy atom. The van der Waals surface area contributed by atoms with Crippen molar-refractivity contribution in [2.24, 2.45) is 11.8 Å². The quantitative estimate of drug-likeness (QED) is 0.104. The van der Waals surface area contributed by atoms with Crippen LogP contribution in [0.3, 0.4) is 0 Å². The molecule has 0 heterocycles. The Morgan fingerprint density at radius 3 is 1.81 bits per heavy atom. The van der Waals surface area contributed by atoms with Crippen LogP contribution in [0.2, 0.25) is 0 Å². The van der Waals surface area contributed by atoms with Crippen molar-refractivity contribution in [3.05, 3.63) is 70.8 Å². The van der Waals surface area contributed by atoms with Crippen LogP contribution in [-0.4, -0.2) is 57.9 Å². The van der Waals surface area contributed by atoms with E-state index in [0.717, 1.165) is 95.2 Å². The van der Waals surface area contributed by atoms with Crippen LogP contribution in [0.4, 0.5) is 0 Å². The maximum Gasteiger partial charge on any atom is 0.150 e. The number of carbonyl (C=O) groups excluding carboxylic acids is 5. The minimum atomic E-state index is 0.132. The van der Waals surface area contributed by atoms with Gasteiger partial charge in [-0.3, -0.25) is 4.79 Å². The van der Waals surface area contributed by atoms with Crippen LogP contribution >= 0.6 is 0 Å². The second-order valence-corrected chi connectivity index (χ2v) is 11.3. The zero-order valence-electron chi connectivity index (χ0n) is 30.4. The molecule has 2 aromatic rings.